The fourth-order valence-corrected chi connectivity index (χ4v) is 2.37. The third-order valence-corrected chi connectivity index (χ3v) is 3.36. The van der Waals surface area contributed by atoms with Crippen molar-refractivity contribution in [3.05, 3.63) is 11.9 Å². The Kier molecular flexibility index (Phi) is 4.11. The van der Waals surface area contributed by atoms with Crippen LogP contribution in [-0.4, -0.2) is 35.0 Å². The van der Waals surface area contributed by atoms with Gasteiger partial charge in [0.15, 0.2) is 0 Å². The summed E-state index contributed by atoms with van der Waals surface area (Å²) in [6.45, 7) is 1.86. The van der Waals surface area contributed by atoms with E-state index >= 15 is 0 Å². The molecule has 0 spiro atoms. The highest BCUT2D eigenvalue weighted by atomic mass is 32.2. The van der Waals surface area contributed by atoms with Crippen LogP contribution in [-0.2, 0) is 28.3 Å². The lowest BCUT2D eigenvalue weighted by atomic mass is 10.3. The molecule has 0 aliphatic carbocycles. The van der Waals surface area contributed by atoms with Crippen LogP contribution >= 0.6 is 0 Å². The van der Waals surface area contributed by atoms with E-state index in [1.807, 2.05) is 6.92 Å². The number of carboxylic acids is 1. The smallest absolute Gasteiger partial charge is 0.304 e. The number of sulfonamides is 1. The maximum absolute atomic E-state index is 11.6. The molecular formula is C9H15N3O4S. The van der Waals surface area contributed by atoms with Crippen LogP contribution in [0.5, 0.6) is 0 Å². The second-order valence-electron chi connectivity index (χ2n) is 3.58. The quantitative estimate of drug-likeness (QED) is 0.761. The van der Waals surface area contributed by atoms with E-state index in [4.69, 9.17) is 5.11 Å². The monoisotopic (exact) mass is 261 g/mol. The molecular weight excluding hydrogens is 246 g/mol. The molecule has 8 heteroatoms. The van der Waals surface area contributed by atoms with Crippen LogP contribution in [0.3, 0.4) is 0 Å². The molecule has 0 aliphatic heterocycles. The van der Waals surface area contributed by atoms with Crippen molar-refractivity contribution in [1.82, 2.24) is 9.78 Å². The third-order valence-electron chi connectivity index (χ3n) is 2.09. The number of carbonyl (C=O) groups is 1. The number of aromatic nitrogens is 2. The molecule has 0 radical (unpaired) electrons. The molecule has 1 aromatic rings. The highest BCUT2D eigenvalue weighted by Crippen LogP contribution is 2.15. The van der Waals surface area contributed by atoms with E-state index in [9.17, 15) is 13.2 Å². The van der Waals surface area contributed by atoms with Gasteiger partial charge in [0.05, 0.1) is 23.6 Å². The van der Waals surface area contributed by atoms with E-state index in [0.717, 1.165) is 0 Å². The summed E-state index contributed by atoms with van der Waals surface area (Å²) in [5.74, 6) is -1.59. The van der Waals surface area contributed by atoms with Crippen LogP contribution in [0, 0.1) is 0 Å². The number of nitrogens with zero attached hydrogens (tertiary/aromatic N) is 2. The molecule has 0 bridgehead atoms. The first-order chi connectivity index (χ1) is 7.84. The van der Waals surface area contributed by atoms with Gasteiger partial charge in [0.25, 0.3) is 0 Å². The fraction of sp³-hybridized carbons (Fsp3) is 0.556. The van der Waals surface area contributed by atoms with Crippen molar-refractivity contribution >= 4 is 21.7 Å². The summed E-state index contributed by atoms with van der Waals surface area (Å²) in [5.41, 5.74) is 1.03. The number of hydrogen-bond acceptors (Lipinski definition) is 4. The lowest BCUT2D eigenvalue weighted by molar-refractivity contribution is -0.136. The van der Waals surface area contributed by atoms with Crippen LogP contribution in [0.15, 0.2) is 6.20 Å². The molecule has 0 amide bonds. The van der Waals surface area contributed by atoms with Crippen LogP contribution in [0.1, 0.15) is 19.0 Å². The van der Waals surface area contributed by atoms with Gasteiger partial charge in [-0.1, -0.05) is 6.92 Å². The maximum atomic E-state index is 11.6. The summed E-state index contributed by atoms with van der Waals surface area (Å²) in [6.07, 6.45) is 1.73. The van der Waals surface area contributed by atoms with Crippen molar-refractivity contribution < 1.29 is 18.3 Å². The van der Waals surface area contributed by atoms with Crippen LogP contribution in [0.2, 0.25) is 0 Å². The second kappa shape index (κ2) is 5.17. The minimum absolute atomic E-state index is 0.403. The van der Waals surface area contributed by atoms with Gasteiger partial charge in [0.2, 0.25) is 10.0 Å². The molecule has 0 fully saturated rings. The van der Waals surface area contributed by atoms with Gasteiger partial charge in [-0.05, 0) is 6.42 Å². The third kappa shape index (κ3) is 4.06. The zero-order valence-electron chi connectivity index (χ0n) is 9.67. The highest BCUT2D eigenvalue weighted by molar-refractivity contribution is 7.92. The average Bonchev–Trinajstić information content (AvgIpc) is 2.55. The second-order valence-corrected chi connectivity index (χ2v) is 5.42. The Labute approximate surface area is 99.5 Å². The molecule has 96 valence electrons. The number of carboxylic acid groups (broad SMARTS) is 1. The highest BCUT2D eigenvalue weighted by Gasteiger charge is 2.16. The first-order valence-corrected chi connectivity index (χ1v) is 6.74. The van der Waals surface area contributed by atoms with Gasteiger partial charge in [-0.2, -0.15) is 5.10 Å². The predicted molar refractivity (Wildman–Crippen MR) is 62.2 cm³/mol. The van der Waals surface area contributed by atoms with E-state index in [1.54, 1.807) is 13.2 Å². The summed E-state index contributed by atoms with van der Waals surface area (Å²) in [6, 6.07) is 0. The summed E-state index contributed by atoms with van der Waals surface area (Å²) < 4.78 is 27.0. The average molecular weight is 261 g/mol. The lowest BCUT2D eigenvalue weighted by Gasteiger charge is -2.05. The Bertz CT molecular complexity index is 506. The van der Waals surface area contributed by atoms with Crippen molar-refractivity contribution in [2.75, 3.05) is 10.5 Å². The number of aliphatic carboxylic acids is 1. The Hall–Kier alpha value is -1.57. The number of anilines is 1. The van der Waals surface area contributed by atoms with Gasteiger partial charge in [-0.25, -0.2) is 8.42 Å². The van der Waals surface area contributed by atoms with Crippen molar-refractivity contribution in [3.8, 4) is 0 Å². The van der Waals surface area contributed by atoms with Crippen molar-refractivity contribution in [3.63, 3.8) is 0 Å². The Balaban J connectivity index is 2.79. The van der Waals surface area contributed by atoms with Crippen molar-refractivity contribution in [1.29, 1.82) is 0 Å². The minimum atomic E-state index is -3.63. The molecule has 17 heavy (non-hydrogen) atoms. The molecule has 2 N–H and O–H groups in total. The first-order valence-electron chi connectivity index (χ1n) is 5.09. The van der Waals surface area contributed by atoms with E-state index < -0.39 is 28.2 Å². The SMILES string of the molecule is CCc1nn(C)cc1NS(=O)(=O)CCC(=O)O. The topological polar surface area (TPSA) is 101 Å². The van der Waals surface area contributed by atoms with Gasteiger partial charge in [-0.3, -0.25) is 14.2 Å². The zero-order chi connectivity index (χ0) is 13.1. The molecule has 0 saturated heterocycles. The standard InChI is InChI=1S/C9H15N3O4S/c1-3-7-8(6-12(2)10-7)11-17(15,16)5-4-9(13)14/h6,11H,3-5H2,1-2H3,(H,13,14). The zero-order valence-corrected chi connectivity index (χ0v) is 10.5. The summed E-state index contributed by atoms with van der Waals surface area (Å²) in [7, 11) is -1.94. The van der Waals surface area contributed by atoms with Crippen molar-refractivity contribution in [2.45, 2.75) is 19.8 Å². The van der Waals surface area contributed by atoms with Gasteiger partial charge >= 0.3 is 5.97 Å². The Morgan fingerprint density at radius 2 is 2.24 bits per heavy atom. The van der Waals surface area contributed by atoms with E-state index in [0.29, 0.717) is 17.8 Å². The fourth-order valence-electron chi connectivity index (χ4n) is 1.32. The molecule has 0 unspecified atom stereocenters. The van der Waals surface area contributed by atoms with E-state index in [2.05, 4.69) is 9.82 Å². The van der Waals surface area contributed by atoms with Gasteiger partial charge in [0.1, 0.15) is 0 Å². The van der Waals surface area contributed by atoms with Gasteiger partial charge in [-0.15, -0.1) is 0 Å². The lowest BCUT2D eigenvalue weighted by Crippen LogP contribution is -2.19. The largest absolute Gasteiger partial charge is 0.481 e. The molecule has 0 aliphatic rings. The summed E-state index contributed by atoms with van der Waals surface area (Å²) >= 11 is 0. The van der Waals surface area contributed by atoms with Crippen LogP contribution < -0.4 is 4.72 Å². The molecule has 1 rings (SSSR count). The van der Waals surface area contributed by atoms with Crippen LogP contribution in [0.25, 0.3) is 0 Å². The Morgan fingerprint density at radius 1 is 1.59 bits per heavy atom. The van der Waals surface area contributed by atoms with Crippen molar-refractivity contribution in [2.24, 2.45) is 7.05 Å². The Morgan fingerprint density at radius 3 is 2.76 bits per heavy atom. The predicted octanol–water partition coefficient (Wildman–Crippen LogP) is 0.199. The van der Waals surface area contributed by atoms with Gasteiger partial charge in [0, 0.05) is 13.2 Å². The first kappa shape index (κ1) is 13.5. The van der Waals surface area contributed by atoms with Crippen LogP contribution in [0.4, 0.5) is 5.69 Å². The summed E-state index contributed by atoms with van der Waals surface area (Å²) in [5, 5.41) is 12.5. The molecule has 0 saturated carbocycles. The molecule has 0 aromatic carbocycles. The number of hydrogen-bond donors (Lipinski definition) is 2. The number of nitrogens with one attached hydrogen (secondary N) is 1. The molecule has 7 nitrogen and oxygen atoms in total. The molecule has 1 heterocycles. The molecule has 1 aromatic heterocycles. The number of rotatable bonds is 6. The van der Waals surface area contributed by atoms with E-state index in [1.165, 1.54) is 4.68 Å². The minimum Gasteiger partial charge on any atom is -0.481 e. The summed E-state index contributed by atoms with van der Waals surface area (Å²) in [4.78, 5) is 10.3. The van der Waals surface area contributed by atoms with Gasteiger partial charge < -0.3 is 5.11 Å². The normalized spacial score (nSPS) is 11.4. The molecule has 0 atom stereocenters. The number of aryl methyl sites for hydroxylation is 2. The van der Waals surface area contributed by atoms with E-state index in [-0.39, 0.29) is 0 Å². The maximum Gasteiger partial charge on any atom is 0.304 e.